The molecule has 16 heavy (non-hydrogen) atoms. The molecule has 2 rings (SSSR count). The van der Waals surface area contributed by atoms with E-state index in [1.165, 1.54) is 16.8 Å². The van der Waals surface area contributed by atoms with Gasteiger partial charge in [-0.05, 0) is 38.3 Å². The summed E-state index contributed by atoms with van der Waals surface area (Å²) >= 11 is 0. The molecule has 1 aromatic rings. The number of fused-ring (bicyclic) bond motifs is 1. The van der Waals surface area contributed by atoms with E-state index in [9.17, 15) is 0 Å². The lowest BCUT2D eigenvalue weighted by Gasteiger charge is -2.20. The number of rotatable bonds is 3. The molecule has 1 aromatic carbocycles. The first-order valence-corrected chi connectivity index (χ1v) is 5.82. The van der Waals surface area contributed by atoms with Gasteiger partial charge < -0.3 is 5.32 Å². The van der Waals surface area contributed by atoms with Gasteiger partial charge in [0.2, 0.25) is 0 Å². The number of hydroxylamine groups is 1. The van der Waals surface area contributed by atoms with E-state index in [0.29, 0.717) is 0 Å². The van der Waals surface area contributed by atoms with Gasteiger partial charge in [0.1, 0.15) is 0 Å². The minimum atomic E-state index is -0.147. The molecule has 0 aromatic heterocycles. The summed E-state index contributed by atoms with van der Waals surface area (Å²) in [5.41, 5.74) is 6.86. The van der Waals surface area contributed by atoms with E-state index < -0.39 is 0 Å². The third-order valence-corrected chi connectivity index (χ3v) is 2.57. The first kappa shape index (κ1) is 11.4. The molecule has 3 nitrogen and oxygen atoms in total. The van der Waals surface area contributed by atoms with Crippen molar-refractivity contribution in [3.8, 4) is 0 Å². The van der Waals surface area contributed by atoms with Crippen LogP contribution in [0.15, 0.2) is 18.2 Å². The standard InChI is InChI=1S/C13H20N2O/c1-13(2,3)16-15-9-11-6-4-5-10-7-8-14-12(10)11/h4-6,14-15H,7-9H2,1-3H3. The summed E-state index contributed by atoms with van der Waals surface area (Å²) < 4.78 is 0. The van der Waals surface area contributed by atoms with Crippen molar-refractivity contribution in [1.29, 1.82) is 0 Å². The van der Waals surface area contributed by atoms with Crippen LogP contribution in [0.1, 0.15) is 31.9 Å². The largest absolute Gasteiger partial charge is 0.384 e. The zero-order chi connectivity index (χ0) is 11.6. The Kier molecular flexibility index (Phi) is 3.17. The number of hydrogen-bond acceptors (Lipinski definition) is 3. The smallest absolute Gasteiger partial charge is 0.0813 e. The Labute approximate surface area is 97.1 Å². The van der Waals surface area contributed by atoms with Crippen LogP contribution in [0.2, 0.25) is 0 Å². The maximum atomic E-state index is 5.52. The second kappa shape index (κ2) is 4.44. The highest BCUT2D eigenvalue weighted by molar-refractivity contribution is 5.61. The number of benzene rings is 1. The maximum Gasteiger partial charge on any atom is 0.0813 e. The summed E-state index contributed by atoms with van der Waals surface area (Å²) in [4.78, 5) is 5.52. The number of nitrogens with one attached hydrogen (secondary N) is 2. The second-order valence-electron chi connectivity index (χ2n) is 5.16. The Morgan fingerprint density at radius 3 is 2.94 bits per heavy atom. The Hall–Kier alpha value is -1.06. The van der Waals surface area contributed by atoms with Crippen LogP contribution in [-0.2, 0) is 17.8 Å². The van der Waals surface area contributed by atoms with Crippen LogP contribution in [0.5, 0.6) is 0 Å². The number of para-hydroxylation sites is 1. The highest BCUT2D eigenvalue weighted by Gasteiger charge is 2.14. The molecule has 1 aliphatic rings. The molecule has 0 amide bonds. The van der Waals surface area contributed by atoms with Crippen molar-refractivity contribution >= 4 is 5.69 Å². The monoisotopic (exact) mass is 220 g/mol. The summed E-state index contributed by atoms with van der Waals surface area (Å²) in [7, 11) is 0. The molecule has 0 unspecified atom stereocenters. The molecular weight excluding hydrogens is 200 g/mol. The van der Waals surface area contributed by atoms with E-state index in [0.717, 1.165) is 19.5 Å². The van der Waals surface area contributed by atoms with E-state index in [4.69, 9.17) is 4.84 Å². The topological polar surface area (TPSA) is 33.3 Å². The van der Waals surface area contributed by atoms with Gasteiger partial charge in [0.15, 0.2) is 0 Å². The van der Waals surface area contributed by atoms with Gasteiger partial charge in [-0.2, -0.15) is 5.48 Å². The van der Waals surface area contributed by atoms with Gasteiger partial charge in [0, 0.05) is 18.8 Å². The second-order valence-corrected chi connectivity index (χ2v) is 5.16. The van der Waals surface area contributed by atoms with Crippen molar-refractivity contribution in [1.82, 2.24) is 5.48 Å². The normalized spacial score (nSPS) is 14.7. The van der Waals surface area contributed by atoms with Gasteiger partial charge in [-0.3, -0.25) is 4.84 Å². The van der Waals surface area contributed by atoms with Gasteiger partial charge in [-0.15, -0.1) is 0 Å². The quantitative estimate of drug-likeness (QED) is 0.768. The highest BCUT2D eigenvalue weighted by Crippen LogP contribution is 2.26. The summed E-state index contributed by atoms with van der Waals surface area (Å²) in [6.07, 6.45) is 1.13. The van der Waals surface area contributed by atoms with Crippen LogP contribution in [0, 0.1) is 0 Å². The van der Waals surface area contributed by atoms with Gasteiger partial charge in [0.25, 0.3) is 0 Å². The Bertz CT molecular complexity index is 369. The van der Waals surface area contributed by atoms with Crippen LogP contribution in [0.4, 0.5) is 5.69 Å². The van der Waals surface area contributed by atoms with Crippen LogP contribution in [0.25, 0.3) is 0 Å². The van der Waals surface area contributed by atoms with E-state index >= 15 is 0 Å². The summed E-state index contributed by atoms with van der Waals surface area (Å²) in [6.45, 7) is 7.90. The van der Waals surface area contributed by atoms with Crippen LogP contribution >= 0.6 is 0 Å². The first-order chi connectivity index (χ1) is 7.56. The molecule has 2 N–H and O–H groups in total. The summed E-state index contributed by atoms with van der Waals surface area (Å²) in [5.74, 6) is 0. The molecule has 88 valence electrons. The lowest BCUT2D eigenvalue weighted by atomic mass is 10.1. The minimum Gasteiger partial charge on any atom is -0.384 e. The van der Waals surface area contributed by atoms with Gasteiger partial charge in [-0.25, -0.2) is 0 Å². The first-order valence-electron chi connectivity index (χ1n) is 5.82. The fourth-order valence-electron chi connectivity index (χ4n) is 1.89. The SMILES string of the molecule is CC(C)(C)ONCc1cccc2c1NCC2. The van der Waals surface area contributed by atoms with E-state index in [1.807, 2.05) is 20.8 Å². The van der Waals surface area contributed by atoms with Crippen molar-refractivity contribution in [2.45, 2.75) is 39.3 Å². The number of hydrogen-bond donors (Lipinski definition) is 2. The van der Waals surface area contributed by atoms with E-state index in [1.54, 1.807) is 0 Å². The Morgan fingerprint density at radius 2 is 2.19 bits per heavy atom. The molecule has 0 saturated heterocycles. The predicted octanol–water partition coefficient (Wildman–Crippen LogP) is 2.47. The molecule has 0 aliphatic carbocycles. The van der Waals surface area contributed by atoms with Crippen LogP contribution in [-0.4, -0.2) is 12.1 Å². The van der Waals surface area contributed by atoms with Gasteiger partial charge >= 0.3 is 0 Å². The summed E-state index contributed by atoms with van der Waals surface area (Å²) in [6, 6.07) is 6.43. The molecule has 0 radical (unpaired) electrons. The lowest BCUT2D eigenvalue weighted by molar-refractivity contribution is -0.0757. The maximum absolute atomic E-state index is 5.52. The third kappa shape index (κ3) is 2.74. The zero-order valence-corrected chi connectivity index (χ0v) is 10.3. The molecule has 0 bridgehead atoms. The zero-order valence-electron chi connectivity index (χ0n) is 10.3. The molecule has 0 saturated carbocycles. The molecule has 1 aliphatic heterocycles. The lowest BCUT2D eigenvalue weighted by Crippen LogP contribution is -2.28. The third-order valence-electron chi connectivity index (χ3n) is 2.57. The molecule has 3 heteroatoms. The van der Waals surface area contributed by atoms with Gasteiger partial charge in [0.05, 0.1) is 5.60 Å². The predicted molar refractivity (Wildman–Crippen MR) is 66.3 cm³/mol. The highest BCUT2D eigenvalue weighted by atomic mass is 16.7. The van der Waals surface area contributed by atoms with E-state index in [-0.39, 0.29) is 5.60 Å². The van der Waals surface area contributed by atoms with E-state index in [2.05, 4.69) is 29.0 Å². The fourth-order valence-corrected chi connectivity index (χ4v) is 1.89. The Balaban J connectivity index is 1.98. The Morgan fingerprint density at radius 1 is 1.38 bits per heavy atom. The van der Waals surface area contributed by atoms with Crippen LogP contribution < -0.4 is 10.8 Å². The van der Waals surface area contributed by atoms with Crippen molar-refractivity contribution in [3.63, 3.8) is 0 Å². The van der Waals surface area contributed by atoms with Crippen molar-refractivity contribution in [2.24, 2.45) is 0 Å². The number of anilines is 1. The van der Waals surface area contributed by atoms with Crippen molar-refractivity contribution < 1.29 is 4.84 Å². The molecule has 0 fully saturated rings. The average molecular weight is 220 g/mol. The fraction of sp³-hybridized carbons (Fsp3) is 0.538. The minimum absolute atomic E-state index is 0.147. The van der Waals surface area contributed by atoms with Gasteiger partial charge in [-0.1, -0.05) is 18.2 Å². The molecular formula is C13H20N2O. The molecule has 1 heterocycles. The van der Waals surface area contributed by atoms with Crippen molar-refractivity contribution in [3.05, 3.63) is 29.3 Å². The molecule has 0 atom stereocenters. The van der Waals surface area contributed by atoms with Crippen LogP contribution in [0.3, 0.4) is 0 Å². The summed E-state index contributed by atoms with van der Waals surface area (Å²) in [5, 5.41) is 3.42. The van der Waals surface area contributed by atoms with Crippen molar-refractivity contribution in [2.75, 3.05) is 11.9 Å². The molecule has 0 spiro atoms. The average Bonchev–Trinajstić information content (AvgIpc) is 2.64.